The zero-order valence-corrected chi connectivity index (χ0v) is 21.4. The smallest absolute Gasteiger partial charge is 0.119 e. The van der Waals surface area contributed by atoms with E-state index in [1.165, 1.54) is 53.5 Å². The summed E-state index contributed by atoms with van der Waals surface area (Å²) < 4.78 is 11.4. The standard InChI is InChI=1S/C33H40O2/c1-3-24(2)4-5-25-8-13-28(14-9-25)33(29-15-10-26(11-16-29)12-19-32-23-35-32)30-17-20-31(21-18-30)34-22-27-6-7-27/h8-11,13-18,20-21,24,27,32-33H,3-7,12,19,22-23H2,1-2H3. The first-order chi connectivity index (χ1) is 17.2. The lowest BCUT2D eigenvalue weighted by Crippen LogP contribution is -2.05. The molecule has 0 radical (unpaired) electrons. The Labute approximate surface area is 211 Å². The van der Waals surface area contributed by atoms with E-state index in [0.29, 0.717) is 6.10 Å². The number of aryl methyl sites for hydroxylation is 2. The van der Waals surface area contributed by atoms with Crippen LogP contribution in [-0.2, 0) is 17.6 Å². The summed E-state index contributed by atoms with van der Waals surface area (Å²) in [5.74, 6) is 2.76. The molecule has 35 heavy (non-hydrogen) atoms. The van der Waals surface area contributed by atoms with Gasteiger partial charge in [0.1, 0.15) is 5.75 Å². The van der Waals surface area contributed by atoms with E-state index in [-0.39, 0.29) is 5.92 Å². The van der Waals surface area contributed by atoms with Crippen molar-refractivity contribution < 1.29 is 9.47 Å². The zero-order chi connectivity index (χ0) is 24.0. The van der Waals surface area contributed by atoms with Crippen molar-refractivity contribution in [1.29, 1.82) is 0 Å². The van der Waals surface area contributed by atoms with Crippen LogP contribution in [0.5, 0.6) is 5.75 Å². The SMILES string of the molecule is CCC(C)CCc1ccc(C(c2ccc(CCC3CO3)cc2)c2ccc(OCC3CC3)cc2)cc1. The molecule has 1 aliphatic carbocycles. The Kier molecular flexibility index (Phi) is 7.88. The van der Waals surface area contributed by atoms with Crippen LogP contribution >= 0.6 is 0 Å². The van der Waals surface area contributed by atoms with Crippen LogP contribution in [0, 0.1) is 11.8 Å². The molecule has 3 aromatic carbocycles. The second kappa shape index (κ2) is 11.4. The van der Waals surface area contributed by atoms with Gasteiger partial charge >= 0.3 is 0 Å². The molecule has 1 saturated heterocycles. The van der Waals surface area contributed by atoms with Gasteiger partial charge in [0.15, 0.2) is 0 Å². The van der Waals surface area contributed by atoms with E-state index in [1.807, 2.05) is 0 Å². The molecular formula is C33H40O2. The molecule has 2 aliphatic rings. The zero-order valence-electron chi connectivity index (χ0n) is 21.4. The van der Waals surface area contributed by atoms with Crippen LogP contribution in [0.1, 0.15) is 79.7 Å². The fourth-order valence-corrected chi connectivity index (χ4v) is 4.77. The minimum absolute atomic E-state index is 0.219. The summed E-state index contributed by atoms with van der Waals surface area (Å²) >= 11 is 0. The summed E-state index contributed by atoms with van der Waals surface area (Å²) in [6, 6.07) is 27.4. The van der Waals surface area contributed by atoms with Gasteiger partial charge in [0.25, 0.3) is 0 Å². The Balaban J connectivity index is 1.35. The Morgan fingerprint density at radius 3 is 1.86 bits per heavy atom. The highest BCUT2D eigenvalue weighted by atomic mass is 16.6. The van der Waals surface area contributed by atoms with Crippen molar-refractivity contribution in [3.05, 3.63) is 101 Å². The molecule has 0 amide bonds. The van der Waals surface area contributed by atoms with Gasteiger partial charge in [-0.1, -0.05) is 80.9 Å². The third-order valence-electron chi connectivity index (χ3n) is 7.80. The van der Waals surface area contributed by atoms with Gasteiger partial charge in [-0.15, -0.1) is 0 Å². The maximum atomic E-state index is 6.00. The van der Waals surface area contributed by atoms with Crippen molar-refractivity contribution >= 4 is 0 Å². The predicted molar refractivity (Wildman–Crippen MR) is 144 cm³/mol. The molecule has 2 nitrogen and oxygen atoms in total. The summed E-state index contributed by atoms with van der Waals surface area (Å²) in [5, 5.41) is 0. The molecular weight excluding hydrogens is 428 g/mol. The molecule has 3 unspecified atom stereocenters. The van der Waals surface area contributed by atoms with Crippen molar-refractivity contribution in [3.8, 4) is 5.75 Å². The van der Waals surface area contributed by atoms with E-state index in [1.54, 1.807) is 0 Å². The summed E-state index contributed by atoms with van der Waals surface area (Å²) in [6.07, 6.45) is 9.01. The maximum absolute atomic E-state index is 6.00. The van der Waals surface area contributed by atoms with Crippen LogP contribution in [0.25, 0.3) is 0 Å². The van der Waals surface area contributed by atoms with Crippen LogP contribution in [0.2, 0.25) is 0 Å². The van der Waals surface area contributed by atoms with Crippen LogP contribution < -0.4 is 4.74 Å². The molecule has 3 aromatic rings. The molecule has 3 atom stereocenters. The summed E-state index contributed by atoms with van der Waals surface area (Å²) in [4.78, 5) is 0. The first kappa shape index (κ1) is 24.1. The van der Waals surface area contributed by atoms with Crippen molar-refractivity contribution in [2.45, 2.75) is 70.8 Å². The molecule has 0 spiro atoms. The Bertz CT molecular complexity index is 984. The van der Waals surface area contributed by atoms with E-state index < -0.39 is 0 Å². The van der Waals surface area contributed by atoms with Crippen LogP contribution in [0.3, 0.4) is 0 Å². The normalized spacial score (nSPS) is 18.7. The van der Waals surface area contributed by atoms with Crippen LogP contribution in [-0.4, -0.2) is 19.3 Å². The fraction of sp³-hybridized carbons (Fsp3) is 0.455. The molecule has 0 bridgehead atoms. The maximum Gasteiger partial charge on any atom is 0.119 e. The van der Waals surface area contributed by atoms with E-state index >= 15 is 0 Å². The van der Waals surface area contributed by atoms with Gasteiger partial charge in [-0.05, 0) is 90.3 Å². The number of benzene rings is 3. The fourth-order valence-electron chi connectivity index (χ4n) is 4.77. The summed E-state index contributed by atoms with van der Waals surface area (Å²) in [5.41, 5.74) is 6.84. The highest BCUT2D eigenvalue weighted by Gasteiger charge is 2.23. The van der Waals surface area contributed by atoms with E-state index in [9.17, 15) is 0 Å². The first-order valence-corrected chi connectivity index (χ1v) is 13.7. The van der Waals surface area contributed by atoms with Gasteiger partial charge in [-0.2, -0.15) is 0 Å². The third kappa shape index (κ3) is 6.98. The lowest BCUT2D eigenvalue weighted by molar-refractivity contribution is 0.299. The van der Waals surface area contributed by atoms with E-state index in [4.69, 9.17) is 9.47 Å². The third-order valence-corrected chi connectivity index (χ3v) is 7.80. The lowest BCUT2D eigenvalue weighted by Gasteiger charge is -2.20. The molecule has 184 valence electrons. The predicted octanol–water partition coefficient (Wildman–Crippen LogP) is 7.97. The molecule has 0 N–H and O–H groups in total. The van der Waals surface area contributed by atoms with Gasteiger partial charge in [-0.3, -0.25) is 0 Å². The number of epoxide rings is 1. The average Bonchev–Trinajstić information content (AvgIpc) is 3.83. The van der Waals surface area contributed by atoms with Gasteiger partial charge < -0.3 is 9.47 Å². The second-order valence-corrected chi connectivity index (χ2v) is 10.8. The lowest BCUT2D eigenvalue weighted by atomic mass is 9.84. The minimum atomic E-state index is 0.219. The highest BCUT2D eigenvalue weighted by molar-refractivity contribution is 5.45. The van der Waals surface area contributed by atoms with Gasteiger partial charge in [0.05, 0.1) is 19.3 Å². The number of hydrogen-bond acceptors (Lipinski definition) is 2. The largest absolute Gasteiger partial charge is 0.493 e. The first-order valence-electron chi connectivity index (χ1n) is 13.7. The molecule has 5 rings (SSSR count). The Morgan fingerprint density at radius 1 is 0.800 bits per heavy atom. The van der Waals surface area contributed by atoms with Gasteiger partial charge in [0.2, 0.25) is 0 Å². The number of hydrogen-bond donors (Lipinski definition) is 0. The van der Waals surface area contributed by atoms with Gasteiger partial charge in [-0.25, -0.2) is 0 Å². The average molecular weight is 469 g/mol. The second-order valence-electron chi connectivity index (χ2n) is 10.8. The Morgan fingerprint density at radius 2 is 1.34 bits per heavy atom. The molecule has 2 fully saturated rings. The molecule has 0 aromatic heterocycles. The molecule has 2 heteroatoms. The van der Waals surface area contributed by atoms with Crippen molar-refractivity contribution in [2.75, 3.05) is 13.2 Å². The monoisotopic (exact) mass is 468 g/mol. The van der Waals surface area contributed by atoms with E-state index in [2.05, 4.69) is 86.6 Å². The minimum Gasteiger partial charge on any atom is -0.493 e. The highest BCUT2D eigenvalue weighted by Crippen LogP contribution is 2.34. The van der Waals surface area contributed by atoms with Crippen molar-refractivity contribution in [3.63, 3.8) is 0 Å². The number of rotatable bonds is 13. The van der Waals surface area contributed by atoms with Gasteiger partial charge in [0, 0.05) is 5.92 Å². The summed E-state index contributed by atoms with van der Waals surface area (Å²) in [7, 11) is 0. The molecule has 1 aliphatic heterocycles. The van der Waals surface area contributed by atoms with Crippen LogP contribution in [0.15, 0.2) is 72.8 Å². The van der Waals surface area contributed by atoms with Crippen molar-refractivity contribution in [1.82, 2.24) is 0 Å². The molecule has 1 saturated carbocycles. The number of ether oxygens (including phenoxy) is 2. The topological polar surface area (TPSA) is 21.8 Å². The quantitative estimate of drug-likeness (QED) is 0.187. The van der Waals surface area contributed by atoms with E-state index in [0.717, 1.165) is 50.1 Å². The summed E-state index contributed by atoms with van der Waals surface area (Å²) in [6.45, 7) is 6.43. The van der Waals surface area contributed by atoms with Crippen molar-refractivity contribution in [2.24, 2.45) is 11.8 Å². The Hall–Kier alpha value is -2.58. The molecule has 1 heterocycles. The van der Waals surface area contributed by atoms with Crippen LogP contribution in [0.4, 0.5) is 0 Å².